The second-order valence-corrected chi connectivity index (χ2v) is 4.13. The third kappa shape index (κ3) is 3.22. The molecule has 1 atom stereocenters. The second kappa shape index (κ2) is 5.21. The fraction of sp³-hybridized carbons (Fsp3) is 0.250. The summed E-state index contributed by atoms with van der Waals surface area (Å²) in [7, 11) is 1.80. The highest BCUT2D eigenvalue weighted by molar-refractivity contribution is 6.30. The Balaban J connectivity index is 1.92. The molecule has 0 bridgehead atoms. The summed E-state index contributed by atoms with van der Waals surface area (Å²) in [5.41, 5.74) is 0.599. The summed E-state index contributed by atoms with van der Waals surface area (Å²) in [4.78, 5) is 0. The smallest absolute Gasteiger partial charge is 0.132 e. The predicted molar refractivity (Wildman–Crippen MR) is 65.1 cm³/mol. The molecule has 2 rings (SSSR count). The van der Waals surface area contributed by atoms with Crippen molar-refractivity contribution in [2.45, 2.75) is 6.10 Å². The molecular weight excluding hydrogens is 240 g/mol. The molecular formula is C12H13ClN2O2. The third-order valence-corrected chi connectivity index (χ3v) is 2.55. The van der Waals surface area contributed by atoms with Crippen LogP contribution in [-0.2, 0) is 7.05 Å². The Kier molecular flexibility index (Phi) is 3.66. The van der Waals surface area contributed by atoms with Gasteiger partial charge in [0.15, 0.2) is 0 Å². The molecule has 0 saturated carbocycles. The van der Waals surface area contributed by atoms with E-state index in [4.69, 9.17) is 16.3 Å². The third-order valence-electron chi connectivity index (χ3n) is 2.30. The topological polar surface area (TPSA) is 47.3 Å². The molecule has 1 unspecified atom stereocenters. The lowest BCUT2D eigenvalue weighted by atomic mass is 10.3. The first kappa shape index (κ1) is 12.0. The van der Waals surface area contributed by atoms with Gasteiger partial charge in [0.2, 0.25) is 0 Å². The van der Waals surface area contributed by atoms with Crippen LogP contribution < -0.4 is 4.74 Å². The lowest BCUT2D eigenvalue weighted by Gasteiger charge is -2.10. The van der Waals surface area contributed by atoms with E-state index in [1.54, 1.807) is 48.3 Å². The van der Waals surface area contributed by atoms with E-state index in [-0.39, 0.29) is 6.61 Å². The second-order valence-electron chi connectivity index (χ2n) is 3.69. The number of aliphatic hydroxyl groups is 1. The summed E-state index contributed by atoms with van der Waals surface area (Å²) in [6, 6.07) is 8.75. The number of hydrogen-bond donors (Lipinski definition) is 1. The summed E-state index contributed by atoms with van der Waals surface area (Å²) in [5.74, 6) is 0.671. The first-order valence-corrected chi connectivity index (χ1v) is 5.59. The summed E-state index contributed by atoms with van der Waals surface area (Å²) in [5, 5.41) is 14.6. The van der Waals surface area contributed by atoms with Gasteiger partial charge in [-0.05, 0) is 30.3 Å². The minimum atomic E-state index is -0.730. The van der Waals surface area contributed by atoms with Crippen molar-refractivity contribution in [3.63, 3.8) is 0 Å². The molecule has 0 spiro atoms. The lowest BCUT2D eigenvalue weighted by Crippen LogP contribution is -2.10. The van der Waals surface area contributed by atoms with Crippen LogP contribution in [0.25, 0.3) is 0 Å². The van der Waals surface area contributed by atoms with Gasteiger partial charge in [0, 0.05) is 18.3 Å². The van der Waals surface area contributed by atoms with E-state index in [1.807, 2.05) is 0 Å². The van der Waals surface area contributed by atoms with Crippen LogP contribution in [-0.4, -0.2) is 21.5 Å². The SMILES string of the molecule is Cn1ccc(C(O)COc2ccc(Cl)cc2)n1. The molecule has 0 aliphatic rings. The van der Waals surface area contributed by atoms with Gasteiger partial charge < -0.3 is 9.84 Å². The Bertz CT molecular complexity index is 482. The van der Waals surface area contributed by atoms with Crippen LogP contribution in [0.5, 0.6) is 5.75 Å². The van der Waals surface area contributed by atoms with Crippen molar-refractivity contribution in [1.82, 2.24) is 9.78 Å². The number of nitrogens with zero attached hydrogens (tertiary/aromatic N) is 2. The molecule has 17 heavy (non-hydrogen) atoms. The Morgan fingerprint density at radius 2 is 2.06 bits per heavy atom. The van der Waals surface area contributed by atoms with Crippen LogP contribution in [0.2, 0.25) is 5.02 Å². The summed E-state index contributed by atoms with van der Waals surface area (Å²) in [6.07, 6.45) is 1.05. The molecule has 1 aromatic heterocycles. The van der Waals surface area contributed by atoms with Crippen molar-refractivity contribution >= 4 is 11.6 Å². The number of ether oxygens (including phenoxy) is 1. The fourth-order valence-corrected chi connectivity index (χ4v) is 1.53. The van der Waals surface area contributed by atoms with E-state index in [0.29, 0.717) is 16.5 Å². The van der Waals surface area contributed by atoms with E-state index in [0.717, 1.165) is 0 Å². The van der Waals surface area contributed by atoms with Crippen LogP contribution in [0.3, 0.4) is 0 Å². The van der Waals surface area contributed by atoms with E-state index in [9.17, 15) is 5.11 Å². The van der Waals surface area contributed by atoms with Crippen LogP contribution in [0.15, 0.2) is 36.5 Å². The zero-order valence-electron chi connectivity index (χ0n) is 9.38. The number of aryl methyl sites for hydroxylation is 1. The average molecular weight is 253 g/mol. The predicted octanol–water partition coefficient (Wildman–Crippen LogP) is 2.19. The maximum absolute atomic E-state index is 9.82. The highest BCUT2D eigenvalue weighted by Crippen LogP contribution is 2.17. The number of aromatic nitrogens is 2. The van der Waals surface area contributed by atoms with Gasteiger partial charge in [-0.2, -0.15) is 5.10 Å². The van der Waals surface area contributed by atoms with Gasteiger partial charge in [0.25, 0.3) is 0 Å². The standard InChI is InChI=1S/C12H13ClN2O2/c1-15-7-6-11(14-15)12(16)8-17-10-4-2-9(13)3-5-10/h2-7,12,16H,8H2,1H3. The van der Waals surface area contributed by atoms with Gasteiger partial charge in [0.05, 0.1) is 5.69 Å². The molecule has 0 fully saturated rings. The molecule has 0 saturated heterocycles. The number of halogens is 1. The number of benzene rings is 1. The maximum atomic E-state index is 9.82. The first-order valence-electron chi connectivity index (χ1n) is 5.21. The van der Waals surface area contributed by atoms with Crippen molar-refractivity contribution in [2.75, 3.05) is 6.61 Å². The minimum Gasteiger partial charge on any atom is -0.490 e. The molecule has 1 aromatic carbocycles. The van der Waals surface area contributed by atoms with Gasteiger partial charge in [-0.25, -0.2) is 0 Å². The monoisotopic (exact) mass is 252 g/mol. The maximum Gasteiger partial charge on any atom is 0.132 e. The van der Waals surface area contributed by atoms with Crippen LogP contribution in [0.4, 0.5) is 0 Å². The normalized spacial score (nSPS) is 12.4. The average Bonchev–Trinajstić information content (AvgIpc) is 2.75. The molecule has 90 valence electrons. The zero-order chi connectivity index (χ0) is 12.3. The Hall–Kier alpha value is -1.52. The number of hydrogen-bond acceptors (Lipinski definition) is 3. The summed E-state index contributed by atoms with van der Waals surface area (Å²) < 4.78 is 7.07. The quantitative estimate of drug-likeness (QED) is 0.907. The van der Waals surface area contributed by atoms with Crippen LogP contribution in [0.1, 0.15) is 11.8 Å². The largest absolute Gasteiger partial charge is 0.490 e. The molecule has 4 nitrogen and oxygen atoms in total. The zero-order valence-corrected chi connectivity index (χ0v) is 10.1. The van der Waals surface area contributed by atoms with Gasteiger partial charge in [-0.15, -0.1) is 0 Å². The van der Waals surface area contributed by atoms with Crippen LogP contribution >= 0.6 is 11.6 Å². The summed E-state index contributed by atoms with van der Waals surface area (Å²) >= 11 is 5.76. The molecule has 0 aliphatic heterocycles. The first-order chi connectivity index (χ1) is 8.15. The van der Waals surface area contributed by atoms with Crippen LogP contribution in [0, 0.1) is 0 Å². The number of rotatable bonds is 4. The van der Waals surface area contributed by atoms with Gasteiger partial charge in [0.1, 0.15) is 18.5 Å². The van der Waals surface area contributed by atoms with Gasteiger partial charge >= 0.3 is 0 Å². The molecule has 2 aromatic rings. The molecule has 0 aliphatic carbocycles. The minimum absolute atomic E-state index is 0.165. The molecule has 5 heteroatoms. The van der Waals surface area contributed by atoms with E-state index in [1.165, 1.54) is 0 Å². The van der Waals surface area contributed by atoms with Crippen molar-refractivity contribution in [2.24, 2.45) is 7.05 Å². The lowest BCUT2D eigenvalue weighted by molar-refractivity contribution is 0.104. The fourth-order valence-electron chi connectivity index (χ4n) is 1.40. The Morgan fingerprint density at radius 3 is 2.65 bits per heavy atom. The van der Waals surface area contributed by atoms with Crippen molar-refractivity contribution in [1.29, 1.82) is 0 Å². The van der Waals surface area contributed by atoms with E-state index >= 15 is 0 Å². The number of aliphatic hydroxyl groups excluding tert-OH is 1. The van der Waals surface area contributed by atoms with Crippen molar-refractivity contribution in [3.05, 3.63) is 47.2 Å². The highest BCUT2D eigenvalue weighted by Gasteiger charge is 2.11. The molecule has 1 heterocycles. The molecule has 0 radical (unpaired) electrons. The van der Waals surface area contributed by atoms with E-state index < -0.39 is 6.10 Å². The summed E-state index contributed by atoms with van der Waals surface area (Å²) in [6.45, 7) is 0.165. The van der Waals surface area contributed by atoms with E-state index in [2.05, 4.69) is 5.10 Å². The van der Waals surface area contributed by atoms with Crippen molar-refractivity contribution in [3.8, 4) is 5.75 Å². The Labute approximate surface area is 104 Å². The van der Waals surface area contributed by atoms with Gasteiger partial charge in [-0.1, -0.05) is 11.6 Å². The molecule has 0 amide bonds. The molecule has 1 N–H and O–H groups in total. The van der Waals surface area contributed by atoms with Gasteiger partial charge in [-0.3, -0.25) is 4.68 Å². The Morgan fingerprint density at radius 1 is 1.35 bits per heavy atom. The highest BCUT2D eigenvalue weighted by atomic mass is 35.5. The van der Waals surface area contributed by atoms with Crippen molar-refractivity contribution < 1.29 is 9.84 Å².